The highest BCUT2D eigenvalue weighted by Gasteiger charge is 2.14. The molecule has 0 radical (unpaired) electrons. The summed E-state index contributed by atoms with van der Waals surface area (Å²) in [6.45, 7) is 4.46. The minimum Gasteiger partial charge on any atom is -0.493 e. The van der Waals surface area contributed by atoms with Gasteiger partial charge in [0.15, 0.2) is 11.5 Å². The number of rotatable bonds is 6. The Bertz CT molecular complexity index is 1310. The Morgan fingerprint density at radius 3 is 2.59 bits per heavy atom. The van der Waals surface area contributed by atoms with E-state index in [0.717, 1.165) is 27.7 Å². The lowest BCUT2D eigenvalue weighted by molar-refractivity contribution is 0.284. The number of aromatic nitrogens is 2. The van der Waals surface area contributed by atoms with Gasteiger partial charge >= 0.3 is 0 Å². The predicted octanol–water partition coefficient (Wildman–Crippen LogP) is 6.48. The average Bonchev–Trinajstić information content (AvgIpc) is 3.19. The molecule has 1 N–H and O–H groups in total. The number of hydrogen-bond acceptors (Lipinski definition) is 4. The molecule has 0 atom stereocenters. The predicted molar refractivity (Wildman–Crippen MR) is 128 cm³/mol. The molecule has 1 aromatic heterocycles. The van der Waals surface area contributed by atoms with Crippen molar-refractivity contribution in [2.45, 2.75) is 20.5 Å². The second kappa shape index (κ2) is 9.17. The van der Waals surface area contributed by atoms with Crippen LogP contribution in [0, 0.1) is 25.2 Å². The van der Waals surface area contributed by atoms with Crippen LogP contribution >= 0.6 is 11.6 Å². The first-order valence-electron chi connectivity index (χ1n) is 10.1. The van der Waals surface area contributed by atoms with Crippen LogP contribution in [-0.4, -0.2) is 17.1 Å². The maximum absolute atomic E-state index is 9.77. The Hall–Kier alpha value is -3.75. The zero-order valence-corrected chi connectivity index (χ0v) is 18.8. The number of nitrogens with zero attached hydrogens (tertiary/aromatic N) is 2. The highest BCUT2D eigenvalue weighted by Crippen LogP contribution is 2.38. The van der Waals surface area contributed by atoms with E-state index >= 15 is 0 Å². The number of H-pyrrole nitrogens is 1. The zero-order chi connectivity index (χ0) is 22.7. The molecule has 3 aromatic carbocycles. The Balaban J connectivity index is 1.66. The molecule has 0 saturated carbocycles. The van der Waals surface area contributed by atoms with Crippen molar-refractivity contribution in [1.29, 1.82) is 5.26 Å². The molecule has 0 spiro atoms. The molecule has 0 aliphatic carbocycles. The third-order valence-electron chi connectivity index (χ3n) is 5.26. The van der Waals surface area contributed by atoms with Gasteiger partial charge in [-0.3, -0.25) is 0 Å². The number of aryl methyl sites for hydroxylation is 2. The van der Waals surface area contributed by atoms with Crippen LogP contribution in [0.5, 0.6) is 11.5 Å². The second-order valence-corrected chi connectivity index (χ2v) is 7.92. The Morgan fingerprint density at radius 1 is 1.12 bits per heavy atom. The third-order valence-corrected chi connectivity index (χ3v) is 5.54. The van der Waals surface area contributed by atoms with E-state index in [9.17, 15) is 5.26 Å². The van der Waals surface area contributed by atoms with Crippen LogP contribution in [0.3, 0.4) is 0 Å². The van der Waals surface area contributed by atoms with Gasteiger partial charge in [-0.25, -0.2) is 4.98 Å². The number of nitrogens with one attached hydrogen (secondary N) is 1. The number of hydrogen-bond donors (Lipinski definition) is 1. The summed E-state index contributed by atoms with van der Waals surface area (Å²) < 4.78 is 11.4. The largest absolute Gasteiger partial charge is 0.493 e. The average molecular weight is 444 g/mol. The molecule has 0 aliphatic rings. The van der Waals surface area contributed by atoms with Crippen molar-refractivity contribution >= 4 is 34.3 Å². The summed E-state index contributed by atoms with van der Waals surface area (Å²) in [7, 11) is 1.56. The third kappa shape index (κ3) is 4.46. The smallest absolute Gasteiger partial charge is 0.180 e. The summed E-state index contributed by atoms with van der Waals surface area (Å²) in [6, 6.07) is 19.6. The molecule has 0 aliphatic heterocycles. The van der Waals surface area contributed by atoms with E-state index < -0.39 is 0 Å². The number of fused-ring (bicyclic) bond motifs is 1. The van der Waals surface area contributed by atoms with Crippen molar-refractivity contribution in [2.24, 2.45) is 0 Å². The van der Waals surface area contributed by atoms with Crippen LogP contribution in [0.25, 0.3) is 22.7 Å². The molecule has 4 rings (SSSR count). The first-order valence-corrected chi connectivity index (χ1v) is 10.5. The maximum atomic E-state index is 9.77. The topological polar surface area (TPSA) is 70.9 Å². The molecule has 0 fully saturated rings. The number of imidazole rings is 1. The summed E-state index contributed by atoms with van der Waals surface area (Å²) in [5.74, 6) is 1.46. The van der Waals surface area contributed by atoms with Gasteiger partial charge in [0.1, 0.15) is 18.5 Å². The van der Waals surface area contributed by atoms with Crippen LogP contribution in [0.15, 0.2) is 54.6 Å². The standard InChI is InChI=1S/C26H22ClN3O2/c1-16-9-22-23(10-17(16)2)30-26(29-22)20(14-28)11-19-12-21(27)25(24(13-19)31-3)32-15-18-7-5-4-6-8-18/h4-13H,15H2,1-3H3,(H,29,30)/b20-11-. The Kier molecular flexibility index (Phi) is 6.16. The second-order valence-electron chi connectivity index (χ2n) is 7.52. The molecule has 0 unspecified atom stereocenters. The van der Waals surface area contributed by atoms with E-state index in [1.807, 2.05) is 56.3 Å². The van der Waals surface area contributed by atoms with Gasteiger partial charge in [0.05, 0.1) is 28.7 Å². The summed E-state index contributed by atoms with van der Waals surface area (Å²) in [4.78, 5) is 7.83. The van der Waals surface area contributed by atoms with E-state index in [1.54, 1.807) is 25.3 Å². The SMILES string of the molecule is COc1cc(/C=C(/C#N)c2nc3cc(C)c(C)cc3[nH]2)cc(Cl)c1OCc1ccccc1. The highest BCUT2D eigenvalue weighted by atomic mass is 35.5. The Morgan fingerprint density at radius 2 is 1.88 bits per heavy atom. The summed E-state index contributed by atoms with van der Waals surface area (Å²) >= 11 is 6.51. The molecule has 32 heavy (non-hydrogen) atoms. The lowest BCUT2D eigenvalue weighted by Crippen LogP contribution is -1.99. The molecular weight excluding hydrogens is 422 g/mol. The molecular formula is C26H22ClN3O2. The molecule has 0 saturated heterocycles. The van der Waals surface area contributed by atoms with Crippen LogP contribution in [-0.2, 0) is 6.61 Å². The molecule has 1 heterocycles. The van der Waals surface area contributed by atoms with Gasteiger partial charge in [0, 0.05) is 0 Å². The minimum absolute atomic E-state index is 0.368. The molecule has 0 bridgehead atoms. The van der Waals surface area contributed by atoms with Crippen molar-refractivity contribution in [3.8, 4) is 17.6 Å². The number of halogens is 1. The molecule has 0 amide bonds. The van der Waals surface area contributed by atoms with E-state index in [4.69, 9.17) is 21.1 Å². The monoisotopic (exact) mass is 443 g/mol. The maximum Gasteiger partial charge on any atom is 0.180 e. The van der Waals surface area contributed by atoms with E-state index in [0.29, 0.717) is 40.1 Å². The van der Waals surface area contributed by atoms with Gasteiger partial charge < -0.3 is 14.5 Å². The lowest BCUT2D eigenvalue weighted by atomic mass is 10.1. The normalized spacial score (nSPS) is 11.4. The van der Waals surface area contributed by atoms with E-state index in [1.165, 1.54) is 0 Å². The van der Waals surface area contributed by atoms with Crippen molar-refractivity contribution < 1.29 is 9.47 Å². The van der Waals surface area contributed by atoms with Crippen molar-refractivity contribution in [2.75, 3.05) is 7.11 Å². The van der Waals surface area contributed by atoms with Crippen molar-refractivity contribution in [3.05, 3.63) is 87.7 Å². The summed E-state index contributed by atoms with van der Waals surface area (Å²) in [5.41, 5.74) is 6.17. The lowest BCUT2D eigenvalue weighted by Gasteiger charge is -2.13. The first-order chi connectivity index (χ1) is 15.5. The van der Waals surface area contributed by atoms with E-state index in [-0.39, 0.29) is 0 Å². The number of benzene rings is 3. The molecule has 160 valence electrons. The number of methoxy groups -OCH3 is 1. The molecule has 6 heteroatoms. The van der Waals surface area contributed by atoms with Gasteiger partial charge in [-0.05, 0) is 66.4 Å². The first kappa shape index (κ1) is 21.5. The number of ether oxygens (including phenoxy) is 2. The fraction of sp³-hybridized carbons (Fsp3) is 0.154. The number of allylic oxidation sites excluding steroid dienone is 1. The summed E-state index contributed by atoms with van der Waals surface area (Å²) in [6.07, 6.45) is 1.73. The Labute approximate surface area is 191 Å². The fourth-order valence-electron chi connectivity index (χ4n) is 3.41. The van der Waals surface area contributed by atoms with Crippen LogP contribution in [0.1, 0.15) is 28.1 Å². The van der Waals surface area contributed by atoms with Gasteiger partial charge in [0.2, 0.25) is 0 Å². The quantitative estimate of drug-likeness (QED) is 0.346. The minimum atomic E-state index is 0.368. The van der Waals surface area contributed by atoms with Crippen LogP contribution < -0.4 is 9.47 Å². The number of nitriles is 1. The van der Waals surface area contributed by atoms with Gasteiger partial charge in [-0.1, -0.05) is 41.9 Å². The van der Waals surface area contributed by atoms with E-state index in [2.05, 4.69) is 16.0 Å². The number of aromatic amines is 1. The highest BCUT2D eigenvalue weighted by molar-refractivity contribution is 6.32. The molecule has 4 aromatic rings. The van der Waals surface area contributed by atoms with Crippen molar-refractivity contribution in [1.82, 2.24) is 9.97 Å². The van der Waals surface area contributed by atoms with Gasteiger partial charge in [-0.15, -0.1) is 0 Å². The van der Waals surface area contributed by atoms with Crippen molar-refractivity contribution in [3.63, 3.8) is 0 Å². The summed E-state index contributed by atoms with van der Waals surface area (Å²) in [5, 5.41) is 10.2. The van der Waals surface area contributed by atoms with Crippen LogP contribution in [0.2, 0.25) is 5.02 Å². The van der Waals surface area contributed by atoms with Gasteiger partial charge in [-0.2, -0.15) is 5.26 Å². The zero-order valence-electron chi connectivity index (χ0n) is 18.1. The van der Waals surface area contributed by atoms with Gasteiger partial charge in [0.25, 0.3) is 0 Å². The molecule has 5 nitrogen and oxygen atoms in total. The van der Waals surface area contributed by atoms with Crippen LogP contribution in [0.4, 0.5) is 0 Å². The fourth-order valence-corrected chi connectivity index (χ4v) is 3.68.